The Kier molecular flexibility index (Phi) is 6.37. The van der Waals surface area contributed by atoms with E-state index < -0.39 is 30.5 Å². The number of aromatic nitrogens is 3. The lowest BCUT2D eigenvalue weighted by Crippen LogP contribution is -2.42. The number of benzene rings is 2. The van der Waals surface area contributed by atoms with Crippen molar-refractivity contribution in [1.29, 1.82) is 0 Å². The van der Waals surface area contributed by atoms with E-state index in [1.807, 2.05) is 11.5 Å². The Hall–Kier alpha value is -4.29. The van der Waals surface area contributed by atoms with Crippen LogP contribution in [-0.2, 0) is 12.7 Å². The van der Waals surface area contributed by atoms with E-state index in [2.05, 4.69) is 25.6 Å². The molecule has 7 nitrogen and oxygen atoms in total. The third kappa shape index (κ3) is 5.22. The number of hydrogen-bond donors (Lipinski definition) is 2. The molecule has 0 spiro atoms. The molecule has 2 aromatic heterocycles. The summed E-state index contributed by atoms with van der Waals surface area (Å²) < 4.78 is 85.2. The van der Waals surface area contributed by atoms with Gasteiger partial charge in [-0.05, 0) is 49.4 Å². The highest BCUT2D eigenvalue weighted by molar-refractivity contribution is 5.98. The Morgan fingerprint density at radius 2 is 1.74 bits per heavy atom. The second kappa shape index (κ2) is 9.54. The van der Waals surface area contributed by atoms with Gasteiger partial charge >= 0.3 is 12.4 Å². The van der Waals surface area contributed by atoms with Gasteiger partial charge in [0.25, 0.3) is 0 Å². The third-order valence-electron chi connectivity index (χ3n) is 5.85. The van der Waals surface area contributed by atoms with Gasteiger partial charge in [0.05, 0.1) is 23.1 Å². The van der Waals surface area contributed by atoms with Crippen LogP contribution in [0.5, 0.6) is 11.5 Å². The maximum Gasteiger partial charge on any atom is 0.416 e. The van der Waals surface area contributed by atoms with Crippen molar-refractivity contribution in [2.45, 2.75) is 31.9 Å². The van der Waals surface area contributed by atoms with Crippen LogP contribution in [0.15, 0.2) is 65.8 Å². The van der Waals surface area contributed by atoms with Gasteiger partial charge in [-0.25, -0.2) is 4.98 Å². The minimum atomic E-state index is -4.42. The maximum absolute atomic E-state index is 12.9. The highest BCUT2D eigenvalue weighted by atomic mass is 19.4. The summed E-state index contributed by atoms with van der Waals surface area (Å²) in [6.07, 6.45) is -7.43. The molecule has 1 atom stereocenters. The normalized spacial score (nSPS) is 15.9. The molecule has 0 radical (unpaired) electrons. The topological polar surface area (TPSA) is 76.4 Å². The number of imidazole rings is 1. The molecule has 1 aliphatic rings. The Bertz CT molecular complexity index is 1490. The summed E-state index contributed by atoms with van der Waals surface area (Å²) in [7, 11) is 0. The SMILES string of the molecule is CCn1c(Nc2ccc(C(F)(F)F)cc2)nc2cc(Oc3ccnc(C4=NCC(C(F)(F)F)N4)c3)ccc21. The summed E-state index contributed by atoms with van der Waals surface area (Å²) in [5.41, 5.74) is 1.26. The van der Waals surface area contributed by atoms with Crippen molar-refractivity contribution in [2.24, 2.45) is 4.99 Å². The van der Waals surface area contributed by atoms with Crippen LogP contribution >= 0.6 is 0 Å². The zero-order valence-corrected chi connectivity index (χ0v) is 19.7. The number of aliphatic imine (C=N–C) groups is 1. The van der Waals surface area contributed by atoms with E-state index in [9.17, 15) is 26.3 Å². The van der Waals surface area contributed by atoms with Gasteiger partial charge in [-0.3, -0.25) is 9.98 Å². The molecule has 0 saturated carbocycles. The van der Waals surface area contributed by atoms with Gasteiger partial charge in [0.1, 0.15) is 29.1 Å². The number of pyridine rings is 1. The van der Waals surface area contributed by atoms with Crippen LogP contribution in [0.1, 0.15) is 18.2 Å². The number of nitrogens with one attached hydrogen (secondary N) is 2. The van der Waals surface area contributed by atoms with Gasteiger partial charge in [0.2, 0.25) is 5.95 Å². The number of aryl methyl sites for hydroxylation is 1. The van der Waals surface area contributed by atoms with Crippen molar-refractivity contribution in [3.63, 3.8) is 0 Å². The standard InChI is InChI=1S/C25H20F6N6O/c1-2-37-20-8-7-16(11-18(20)35-23(37)34-15-5-3-14(4-6-15)24(26,27)28)38-17-9-10-32-19(12-17)22-33-13-21(36-22)25(29,30)31/h3-12,21H,2,13H2,1H3,(H,33,36)(H,34,35). The van der Waals surface area contributed by atoms with Gasteiger partial charge in [-0.1, -0.05) is 0 Å². The number of nitrogens with zero attached hydrogens (tertiary/aromatic N) is 4. The van der Waals surface area contributed by atoms with E-state index in [1.165, 1.54) is 24.4 Å². The number of halogens is 6. The van der Waals surface area contributed by atoms with E-state index in [1.54, 1.807) is 24.3 Å². The monoisotopic (exact) mass is 534 g/mol. The van der Waals surface area contributed by atoms with E-state index in [0.717, 1.165) is 17.6 Å². The first-order chi connectivity index (χ1) is 18.0. The summed E-state index contributed by atoms with van der Waals surface area (Å²) in [4.78, 5) is 12.6. The van der Waals surface area contributed by atoms with Crippen LogP contribution < -0.4 is 15.4 Å². The molecule has 38 heavy (non-hydrogen) atoms. The fraction of sp³-hybridized carbons (Fsp3) is 0.240. The fourth-order valence-electron chi connectivity index (χ4n) is 3.98. The first-order valence-electron chi connectivity index (χ1n) is 11.5. The van der Waals surface area contributed by atoms with Crippen molar-refractivity contribution in [2.75, 3.05) is 11.9 Å². The molecule has 0 fully saturated rings. The molecule has 1 unspecified atom stereocenters. The van der Waals surface area contributed by atoms with Gasteiger partial charge in [0.15, 0.2) is 0 Å². The maximum atomic E-state index is 12.9. The molecule has 1 aliphatic heterocycles. The Morgan fingerprint density at radius 3 is 2.39 bits per heavy atom. The zero-order chi connectivity index (χ0) is 27.1. The first-order valence-corrected chi connectivity index (χ1v) is 11.5. The summed E-state index contributed by atoms with van der Waals surface area (Å²) in [5, 5.41) is 5.39. The average Bonchev–Trinajstić information content (AvgIpc) is 3.49. The molecule has 2 aromatic carbocycles. The predicted molar refractivity (Wildman–Crippen MR) is 129 cm³/mol. The van der Waals surface area contributed by atoms with Gasteiger partial charge in [0, 0.05) is 30.6 Å². The lowest BCUT2D eigenvalue weighted by molar-refractivity contribution is -0.147. The second-order valence-electron chi connectivity index (χ2n) is 8.44. The number of fused-ring (bicyclic) bond motifs is 1. The summed E-state index contributed by atoms with van der Waals surface area (Å²) in [5.74, 6) is 1.24. The average molecular weight is 534 g/mol. The lowest BCUT2D eigenvalue weighted by atomic mass is 10.2. The third-order valence-corrected chi connectivity index (χ3v) is 5.85. The van der Waals surface area contributed by atoms with Crippen molar-refractivity contribution >= 4 is 28.5 Å². The zero-order valence-electron chi connectivity index (χ0n) is 19.7. The van der Waals surface area contributed by atoms with Crippen LogP contribution in [0.2, 0.25) is 0 Å². The van der Waals surface area contributed by atoms with Crippen molar-refractivity contribution in [3.05, 3.63) is 72.1 Å². The molecule has 2 N–H and O–H groups in total. The summed E-state index contributed by atoms with van der Waals surface area (Å²) in [6.45, 7) is 2.03. The largest absolute Gasteiger partial charge is 0.457 e. The van der Waals surface area contributed by atoms with E-state index in [0.29, 0.717) is 35.2 Å². The Balaban J connectivity index is 1.35. The van der Waals surface area contributed by atoms with Crippen LogP contribution in [0, 0.1) is 0 Å². The van der Waals surface area contributed by atoms with Gasteiger partial charge < -0.3 is 19.9 Å². The lowest BCUT2D eigenvalue weighted by Gasteiger charge is -2.15. The Labute approximate surface area is 212 Å². The minimum absolute atomic E-state index is 0.0360. The highest BCUT2D eigenvalue weighted by Gasteiger charge is 2.42. The molecule has 13 heteroatoms. The van der Waals surface area contributed by atoms with Crippen LogP contribution in [0.25, 0.3) is 11.0 Å². The van der Waals surface area contributed by atoms with Crippen molar-refractivity contribution in [1.82, 2.24) is 19.9 Å². The van der Waals surface area contributed by atoms with Gasteiger partial charge in [-0.15, -0.1) is 0 Å². The number of rotatable bonds is 6. The number of anilines is 2. The molecule has 3 heterocycles. The number of hydrogen-bond acceptors (Lipinski definition) is 6. The second-order valence-corrected chi connectivity index (χ2v) is 8.44. The summed E-state index contributed by atoms with van der Waals surface area (Å²) in [6, 6.07) is 11.1. The quantitative estimate of drug-likeness (QED) is 0.285. The van der Waals surface area contributed by atoms with Crippen LogP contribution in [-0.4, -0.2) is 39.1 Å². The van der Waals surface area contributed by atoms with Crippen molar-refractivity contribution in [3.8, 4) is 11.5 Å². The number of alkyl halides is 6. The predicted octanol–water partition coefficient (Wildman–Crippen LogP) is 6.29. The fourth-order valence-corrected chi connectivity index (χ4v) is 3.98. The van der Waals surface area contributed by atoms with Crippen LogP contribution in [0.4, 0.5) is 38.0 Å². The summed E-state index contributed by atoms with van der Waals surface area (Å²) >= 11 is 0. The molecular formula is C25H20F6N6O. The molecule has 0 bridgehead atoms. The van der Waals surface area contributed by atoms with E-state index in [4.69, 9.17) is 4.74 Å². The number of ether oxygens (including phenoxy) is 1. The molecule has 4 aromatic rings. The Morgan fingerprint density at radius 1 is 1.00 bits per heavy atom. The molecule has 0 saturated heterocycles. The van der Waals surface area contributed by atoms with E-state index in [-0.39, 0.29) is 11.5 Å². The molecule has 5 rings (SSSR count). The molecular weight excluding hydrogens is 514 g/mol. The number of amidine groups is 1. The minimum Gasteiger partial charge on any atom is -0.457 e. The molecule has 0 amide bonds. The van der Waals surface area contributed by atoms with Crippen molar-refractivity contribution < 1.29 is 31.1 Å². The smallest absolute Gasteiger partial charge is 0.416 e. The van der Waals surface area contributed by atoms with Crippen LogP contribution in [0.3, 0.4) is 0 Å². The molecule has 198 valence electrons. The van der Waals surface area contributed by atoms with Gasteiger partial charge in [-0.2, -0.15) is 26.3 Å². The molecule has 0 aliphatic carbocycles. The van der Waals surface area contributed by atoms with E-state index >= 15 is 0 Å². The first kappa shape index (κ1) is 25.4. The highest BCUT2D eigenvalue weighted by Crippen LogP contribution is 2.32.